The Kier molecular flexibility index (Phi) is 7.24. The smallest absolute Gasteiger partial charge is 0.248 e. The fourth-order valence-electron chi connectivity index (χ4n) is 2.99. The summed E-state index contributed by atoms with van der Waals surface area (Å²) in [4.78, 5) is 23.9. The molecule has 0 aliphatic rings. The maximum atomic E-state index is 13.3. The second kappa shape index (κ2) is 10.1. The fraction of sp³-hybridized carbons (Fsp3) is 0.130. The largest absolute Gasteiger partial charge is 0.497 e. The second-order valence-electron chi connectivity index (χ2n) is 6.92. The van der Waals surface area contributed by atoms with E-state index >= 15 is 0 Å². The van der Waals surface area contributed by atoms with Crippen LogP contribution in [0.25, 0.3) is 0 Å². The maximum Gasteiger partial charge on any atom is 0.248 e. The average Bonchev–Trinajstić information content (AvgIpc) is 2.79. The lowest BCUT2D eigenvalue weighted by molar-refractivity contribution is -0.116. The van der Waals surface area contributed by atoms with Gasteiger partial charge in [-0.25, -0.2) is 8.42 Å². The molecule has 3 rings (SSSR count). The van der Waals surface area contributed by atoms with Gasteiger partial charge in [-0.2, -0.15) is 4.31 Å². The van der Waals surface area contributed by atoms with Gasteiger partial charge in [0, 0.05) is 17.8 Å². The number of carbonyl (C=O) groups is 2. The van der Waals surface area contributed by atoms with Gasteiger partial charge in [0.1, 0.15) is 5.75 Å². The zero-order valence-electron chi connectivity index (χ0n) is 17.4. The van der Waals surface area contributed by atoms with E-state index < -0.39 is 28.4 Å². The van der Waals surface area contributed by atoms with Gasteiger partial charge in [0.15, 0.2) is 0 Å². The quantitative estimate of drug-likeness (QED) is 0.516. The van der Waals surface area contributed by atoms with Gasteiger partial charge in [0.25, 0.3) is 0 Å². The minimum Gasteiger partial charge on any atom is -0.497 e. The second-order valence-corrected chi connectivity index (χ2v) is 8.86. The van der Waals surface area contributed by atoms with Crippen molar-refractivity contribution in [2.75, 3.05) is 19.0 Å². The topological polar surface area (TPSA) is 119 Å². The van der Waals surface area contributed by atoms with Crippen molar-refractivity contribution in [1.29, 1.82) is 0 Å². The lowest BCUT2D eigenvalue weighted by Crippen LogP contribution is -2.37. The first-order valence-electron chi connectivity index (χ1n) is 9.67. The lowest BCUT2D eigenvalue weighted by atomic mass is 10.2. The van der Waals surface area contributed by atoms with Gasteiger partial charge in [-0.1, -0.05) is 30.3 Å². The van der Waals surface area contributed by atoms with Gasteiger partial charge in [-0.3, -0.25) is 9.59 Å². The Morgan fingerprint density at radius 2 is 1.56 bits per heavy atom. The summed E-state index contributed by atoms with van der Waals surface area (Å²) in [5.74, 6) is -0.581. The summed E-state index contributed by atoms with van der Waals surface area (Å²) in [6, 6.07) is 21.0. The number of benzene rings is 3. The van der Waals surface area contributed by atoms with Crippen LogP contribution in [0.4, 0.5) is 5.69 Å². The number of nitrogens with zero attached hydrogens (tertiary/aromatic N) is 1. The molecule has 9 heteroatoms. The van der Waals surface area contributed by atoms with Crippen LogP contribution < -0.4 is 15.8 Å². The monoisotopic (exact) mass is 453 g/mol. The molecule has 0 radical (unpaired) electrons. The number of anilines is 1. The van der Waals surface area contributed by atoms with Gasteiger partial charge in [0.2, 0.25) is 21.8 Å². The summed E-state index contributed by atoms with van der Waals surface area (Å²) in [5, 5.41) is 2.65. The Bertz CT molecular complexity index is 1180. The van der Waals surface area contributed by atoms with Gasteiger partial charge in [0.05, 0.1) is 18.6 Å². The molecule has 0 atom stereocenters. The summed E-state index contributed by atoms with van der Waals surface area (Å²) in [5.41, 5.74) is 6.68. The van der Waals surface area contributed by atoms with Crippen molar-refractivity contribution in [3.05, 3.63) is 90.0 Å². The summed E-state index contributed by atoms with van der Waals surface area (Å²) in [6.07, 6.45) is 0. The zero-order valence-corrected chi connectivity index (χ0v) is 18.2. The van der Waals surface area contributed by atoms with Gasteiger partial charge in [-0.15, -0.1) is 0 Å². The number of sulfonamides is 1. The first-order chi connectivity index (χ1) is 15.3. The van der Waals surface area contributed by atoms with Crippen molar-refractivity contribution in [2.45, 2.75) is 11.4 Å². The molecule has 8 nitrogen and oxygen atoms in total. The molecule has 0 heterocycles. The van der Waals surface area contributed by atoms with Gasteiger partial charge < -0.3 is 15.8 Å². The highest BCUT2D eigenvalue weighted by molar-refractivity contribution is 7.89. The van der Waals surface area contributed by atoms with Crippen LogP contribution in [0.2, 0.25) is 0 Å². The molecule has 0 aliphatic carbocycles. The third-order valence-electron chi connectivity index (χ3n) is 4.67. The molecule has 3 aromatic rings. The third-order valence-corrected chi connectivity index (χ3v) is 6.48. The van der Waals surface area contributed by atoms with Crippen molar-refractivity contribution in [2.24, 2.45) is 5.73 Å². The number of rotatable bonds is 9. The van der Waals surface area contributed by atoms with E-state index in [0.29, 0.717) is 17.0 Å². The minimum absolute atomic E-state index is 0.0171. The van der Waals surface area contributed by atoms with E-state index in [1.807, 2.05) is 6.07 Å². The number of hydrogen-bond donors (Lipinski definition) is 2. The molecule has 2 amide bonds. The molecule has 0 bridgehead atoms. The van der Waals surface area contributed by atoms with Crippen LogP contribution in [-0.2, 0) is 21.4 Å². The van der Waals surface area contributed by atoms with E-state index in [0.717, 1.165) is 9.87 Å². The van der Waals surface area contributed by atoms with Crippen molar-refractivity contribution in [1.82, 2.24) is 4.31 Å². The highest BCUT2D eigenvalue weighted by Gasteiger charge is 2.27. The first-order valence-corrected chi connectivity index (χ1v) is 11.1. The standard InChI is InChI=1S/C23H23N3O5S/c1-31-20-11-13-21(14-12-20)32(29,30)26(15-17-5-3-2-4-6-17)16-22(27)25-19-9-7-18(8-10-19)23(24)28/h2-14H,15-16H2,1H3,(H2,24,28)(H,25,27). The third kappa shape index (κ3) is 5.71. The molecule has 0 saturated carbocycles. The SMILES string of the molecule is COc1ccc(S(=O)(=O)N(CC(=O)Nc2ccc(C(N)=O)cc2)Cc2ccccc2)cc1. The van der Waals surface area contributed by atoms with E-state index in [1.54, 1.807) is 36.4 Å². The molecule has 32 heavy (non-hydrogen) atoms. The molecule has 0 spiro atoms. The zero-order chi connectivity index (χ0) is 23.1. The summed E-state index contributed by atoms with van der Waals surface area (Å²) >= 11 is 0. The lowest BCUT2D eigenvalue weighted by Gasteiger charge is -2.22. The Balaban J connectivity index is 1.83. The summed E-state index contributed by atoms with van der Waals surface area (Å²) in [7, 11) is -2.48. The Morgan fingerprint density at radius 3 is 2.12 bits per heavy atom. The summed E-state index contributed by atoms with van der Waals surface area (Å²) < 4.78 is 32.8. The van der Waals surface area contributed by atoms with E-state index in [4.69, 9.17) is 10.5 Å². The number of ether oxygens (including phenoxy) is 1. The van der Waals surface area contributed by atoms with Crippen LogP contribution in [-0.4, -0.2) is 38.2 Å². The molecule has 0 aliphatic heterocycles. The van der Waals surface area contributed by atoms with Crippen LogP contribution in [0, 0.1) is 0 Å². The molecule has 0 aromatic heterocycles. The fourth-order valence-corrected chi connectivity index (χ4v) is 4.37. The highest BCUT2D eigenvalue weighted by Crippen LogP contribution is 2.21. The maximum absolute atomic E-state index is 13.3. The number of primary amides is 1. The van der Waals surface area contributed by atoms with E-state index in [1.165, 1.54) is 43.5 Å². The minimum atomic E-state index is -3.97. The molecule has 0 fully saturated rings. The normalized spacial score (nSPS) is 11.2. The van der Waals surface area contributed by atoms with Crippen molar-refractivity contribution < 1.29 is 22.7 Å². The van der Waals surface area contributed by atoms with Crippen LogP contribution in [0.15, 0.2) is 83.8 Å². The number of nitrogens with one attached hydrogen (secondary N) is 1. The van der Waals surface area contributed by atoms with E-state index in [-0.39, 0.29) is 11.4 Å². The van der Waals surface area contributed by atoms with Crippen LogP contribution in [0.1, 0.15) is 15.9 Å². The van der Waals surface area contributed by atoms with Crippen LogP contribution in [0.5, 0.6) is 5.75 Å². The number of hydrogen-bond acceptors (Lipinski definition) is 5. The molecule has 0 saturated heterocycles. The molecular formula is C23H23N3O5S. The molecular weight excluding hydrogens is 430 g/mol. The van der Waals surface area contributed by atoms with Crippen LogP contribution in [0.3, 0.4) is 0 Å². The van der Waals surface area contributed by atoms with Crippen molar-refractivity contribution in [3.63, 3.8) is 0 Å². The number of amides is 2. The predicted octanol–water partition coefficient (Wildman–Crippen LogP) is 2.62. The predicted molar refractivity (Wildman–Crippen MR) is 121 cm³/mol. The van der Waals surface area contributed by atoms with Crippen LogP contribution >= 0.6 is 0 Å². The Hall–Kier alpha value is -3.69. The highest BCUT2D eigenvalue weighted by atomic mass is 32.2. The molecule has 3 N–H and O–H groups in total. The summed E-state index contributed by atoms with van der Waals surface area (Å²) in [6.45, 7) is -0.385. The van der Waals surface area contributed by atoms with Crippen molar-refractivity contribution >= 4 is 27.5 Å². The Labute approximate surface area is 186 Å². The molecule has 3 aromatic carbocycles. The number of carbonyl (C=O) groups excluding carboxylic acids is 2. The van der Waals surface area contributed by atoms with Gasteiger partial charge >= 0.3 is 0 Å². The van der Waals surface area contributed by atoms with Gasteiger partial charge in [-0.05, 0) is 54.1 Å². The number of nitrogens with two attached hydrogens (primary N) is 1. The average molecular weight is 454 g/mol. The van der Waals surface area contributed by atoms with Crippen molar-refractivity contribution in [3.8, 4) is 5.75 Å². The first kappa shape index (κ1) is 23.0. The van der Waals surface area contributed by atoms with E-state index in [2.05, 4.69) is 5.32 Å². The molecule has 0 unspecified atom stereocenters. The Morgan fingerprint density at radius 1 is 0.938 bits per heavy atom. The van der Waals surface area contributed by atoms with E-state index in [9.17, 15) is 18.0 Å². The molecule has 166 valence electrons. The number of methoxy groups -OCH3 is 1.